The molecule has 0 atom stereocenters. The Hall–Kier alpha value is -1.85. The zero-order chi connectivity index (χ0) is 13.5. The van der Waals surface area contributed by atoms with Crippen LogP contribution in [0.15, 0.2) is 43.0 Å². The molecule has 0 saturated carbocycles. The highest BCUT2D eigenvalue weighted by atomic mass is 35.5. The van der Waals surface area contributed by atoms with Gasteiger partial charge in [-0.1, -0.05) is 11.6 Å². The lowest BCUT2D eigenvalue weighted by Gasteiger charge is -2.38. The van der Waals surface area contributed by atoms with E-state index in [1.54, 1.807) is 0 Å². The first-order valence-electron chi connectivity index (χ1n) is 6.62. The Balaban J connectivity index is 1.44. The summed E-state index contributed by atoms with van der Waals surface area (Å²) in [5.41, 5.74) is 2.01. The number of hydrogen-bond donors (Lipinski definition) is 0. The standard InChI is InChI=1S/C14H14ClN5/c15-11-2-3-14-17-12(8-19(14)6-11)7-18-9-13(10-18)20-5-1-4-16-20/h1-6,8,13H,7,9-10H2. The quantitative estimate of drug-likeness (QED) is 0.741. The van der Waals surface area contributed by atoms with Crippen LogP contribution in [0.1, 0.15) is 11.7 Å². The summed E-state index contributed by atoms with van der Waals surface area (Å²) in [6.45, 7) is 2.92. The summed E-state index contributed by atoms with van der Waals surface area (Å²) in [5, 5.41) is 5.01. The maximum atomic E-state index is 5.98. The summed E-state index contributed by atoms with van der Waals surface area (Å²) in [6.07, 6.45) is 7.78. The van der Waals surface area contributed by atoms with Crippen molar-refractivity contribution in [2.45, 2.75) is 12.6 Å². The highest BCUT2D eigenvalue weighted by Crippen LogP contribution is 2.22. The van der Waals surface area contributed by atoms with Crippen LogP contribution >= 0.6 is 11.6 Å². The first-order chi connectivity index (χ1) is 9.78. The summed E-state index contributed by atoms with van der Waals surface area (Å²) in [7, 11) is 0. The van der Waals surface area contributed by atoms with Gasteiger partial charge in [0.2, 0.25) is 0 Å². The number of nitrogens with zero attached hydrogens (tertiary/aromatic N) is 5. The third-order valence-corrected chi connectivity index (χ3v) is 3.91. The van der Waals surface area contributed by atoms with Gasteiger partial charge in [0.15, 0.2) is 0 Å². The molecule has 102 valence electrons. The van der Waals surface area contributed by atoms with Crippen molar-refractivity contribution < 1.29 is 0 Å². The van der Waals surface area contributed by atoms with Crippen molar-refractivity contribution in [3.05, 3.63) is 53.7 Å². The molecule has 4 rings (SSSR count). The number of hydrogen-bond acceptors (Lipinski definition) is 3. The topological polar surface area (TPSA) is 38.4 Å². The molecule has 0 radical (unpaired) electrons. The molecule has 3 aromatic rings. The summed E-state index contributed by atoms with van der Waals surface area (Å²) in [6, 6.07) is 6.27. The van der Waals surface area contributed by atoms with Gasteiger partial charge in [-0.3, -0.25) is 9.58 Å². The Bertz CT molecular complexity index is 727. The van der Waals surface area contributed by atoms with E-state index in [0.717, 1.165) is 36.0 Å². The van der Waals surface area contributed by atoms with E-state index in [1.807, 2.05) is 52.1 Å². The van der Waals surface area contributed by atoms with Gasteiger partial charge in [-0.15, -0.1) is 0 Å². The molecule has 0 aromatic carbocycles. The van der Waals surface area contributed by atoms with E-state index in [9.17, 15) is 0 Å². The largest absolute Gasteiger partial charge is 0.305 e. The number of likely N-dealkylation sites (tertiary alicyclic amines) is 1. The van der Waals surface area contributed by atoms with Crippen molar-refractivity contribution >= 4 is 17.2 Å². The predicted molar refractivity (Wildman–Crippen MR) is 76.7 cm³/mol. The number of fused-ring (bicyclic) bond motifs is 1. The zero-order valence-electron chi connectivity index (χ0n) is 10.9. The number of imidazole rings is 1. The molecular weight excluding hydrogens is 274 g/mol. The maximum Gasteiger partial charge on any atom is 0.137 e. The molecule has 1 aliphatic heterocycles. The van der Waals surface area contributed by atoms with Gasteiger partial charge in [0.25, 0.3) is 0 Å². The van der Waals surface area contributed by atoms with Gasteiger partial charge in [-0.25, -0.2) is 4.98 Å². The van der Waals surface area contributed by atoms with Crippen molar-refractivity contribution in [3.63, 3.8) is 0 Å². The second-order valence-electron chi connectivity index (χ2n) is 5.18. The third-order valence-electron chi connectivity index (χ3n) is 3.69. The highest BCUT2D eigenvalue weighted by Gasteiger charge is 2.28. The minimum absolute atomic E-state index is 0.497. The van der Waals surface area contributed by atoms with Crippen LogP contribution in [0.4, 0.5) is 0 Å². The molecular formula is C14H14ClN5. The average molecular weight is 288 g/mol. The summed E-state index contributed by atoms with van der Waals surface area (Å²) < 4.78 is 4.00. The van der Waals surface area contributed by atoms with Crippen LogP contribution in [0.2, 0.25) is 5.02 Å². The molecule has 1 saturated heterocycles. The van der Waals surface area contributed by atoms with Crippen LogP contribution in [0.3, 0.4) is 0 Å². The lowest BCUT2D eigenvalue weighted by atomic mass is 10.1. The SMILES string of the molecule is Clc1ccc2nc(CN3CC(n4cccn4)C3)cn2c1. The van der Waals surface area contributed by atoms with Gasteiger partial charge in [0, 0.05) is 44.4 Å². The predicted octanol–water partition coefficient (Wildman–Crippen LogP) is 2.24. The van der Waals surface area contributed by atoms with Gasteiger partial charge in [-0.05, 0) is 18.2 Å². The molecule has 5 nitrogen and oxygen atoms in total. The second kappa shape index (κ2) is 4.61. The smallest absolute Gasteiger partial charge is 0.137 e. The molecule has 0 N–H and O–H groups in total. The van der Waals surface area contributed by atoms with Gasteiger partial charge < -0.3 is 4.40 Å². The lowest BCUT2D eigenvalue weighted by Crippen LogP contribution is -2.47. The minimum Gasteiger partial charge on any atom is -0.305 e. The first-order valence-corrected chi connectivity index (χ1v) is 7.00. The normalized spacial score (nSPS) is 16.6. The van der Waals surface area contributed by atoms with Crippen molar-refractivity contribution in [1.82, 2.24) is 24.1 Å². The van der Waals surface area contributed by atoms with Crippen molar-refractivity contribution in [2.24, 2.45) is 0 Å². The van der Waals surface area contributed by atoms with E-state index in [2.05, 4.69) is 15.0 Å². The van der Waals surface area contributed by atoms with E-state index in [-0.39, 0.29) is 0 Å². The fraction of sp³-hybridized carbons (Fsp3) is 0.286. The number of halogens is 1. The van der Waals surface area contributed by atoms with Gasteiger partial charge in [0.05, 0.1) is 16.8 Å². The maximum absolute atomic E-state index is 5.98. The fourth-order valence-corrected chi connectivity index (χ4v) is 2.83. The summed E-state index contributed by atoms with van der Waals surface area (Å²) in [5.74, 6) is 0. The Kier molecular flexibility index (Phi) is 2.75. The average Bonchev–Trinajstić information content (AvgIpc) is 3.01. The Morgan fingerprint density at radius 1 is 1.25 bits per heavy atom. The molecule has 0 spiro atoms. The van der Waals surface area contributed by atoms with Crippen LogP contribution in [0.5, 0.6) is 0 Å². The molecule has 20 heavy (non-hydrogen) atoms. The first kappa shape index (κ1) is 11.9. The van der Waals surface area contributed by atoms with E-state index in [1.165, 1.54) is 0 Å². The zero-order valence-corrected chi connectivity index (χ0v) is 11.6. The number of aromatic nitrogens is 4. The van der Waals surface area contributed by atoms with E-state index in [4.69, 9.17) is 11.6 Å². The Labute approximate surface area is 121 Å². The van der Waals surface area contributed by atoms with Crippen molar-refractivity contribution in [2.75, 3.05) is 13.1 Å². The summed E-state index contributed by atoms with van der Waals surface area (Å²) >= 11 is 5.98. The van der Waals surface area contributed by atoms with E-state index < -0.39 is 0 Å². The molecule has 1 fully saturated rings. The molecule has 6 heteroatoms. The molecule has 4 heterocycles. The second-order valence-corrected chi connectivity index (χ2v) is 5.62. The fourth-order valence-electron chi connectivity index (χ4n) is 2.66. The van der Waals surface area contributed by atoms with E-state index >= 15 is 0 Å². The molecule has 1 aliphatic rings. The van der Waals surface area contributed by atoms with Gasteiger partial charge >= 0.3 is 0 Å². The monoisotopic (exact) mass is 287 g/mol. The molecule has 0 aliphatic carbocycles. The van der Waals surface area contributed by atoms with Crippen LogP contribution in [0.25, 0.3) is 5.65 Å². The van der Waals surface area contributed by atoms with Crippen LogP contribution < -0.4 is 0 Å². The Morgan fingerprint density at radius 2 is 2.15 bits per heavy atom. The molecule has 0 amide bonds. The third kappa shape index (κ3) is 2.09. The van der Waals surface area contributed by atoms with Crippen LogP contribution in [-0.4, -0.2) is 37.2 Å². The van der Waals surface area contributed by atoms with Crippen LogP contribution in [-0.2, 0) is 6.54 Å². The van der Waals surface area contributed by atoms with Crippen molar-refractivity contribution in [1.29, 1.82) is 0 Å². The lowest BCUT2D eigenvalue weighted by molar-refractivity contribution is 0.0897. The molecule has 3 aromatic heterocycles. The van der Waals surface area contributed by atoms with Gasteiger partial charge in [-0.2, -0.15) is 5.10 Å². The molecule has 0 unspecified atom stereocenters. The minimum atomic E-state index is 0.497. The number of rotatable bonds is 3. The number of pyridine rings is 1. The molecule has 0 bridgehead atoms. The summed E-state index contributed by atoms with van der Waals surface area (Å²) in [4.78, 5) is 6.97. The Morgan fingerprint density at radius 3 is 2.95 bits per heavy atom. The van der Waals surface area contributed by atoms with E-state index in [0.29, 0.717) is 6.04 Å². The van der Waals surface area contributed by atoms with Crippen LogP contribution in [0, 0.1) is 0 Å². The van der Waals surface area contributed by atoms with Gasteiger partial charge in [0.1, 0.15) is 5.65 Å². The van der Waals surface area contributed by atoms with Crippen molar-refractivity contribution in [3.8, 4) is 0 Å². The highest BCUT2D eigenvalue weighted by molar-refractivity contribution is 6.30.